The monoisotopic (exact) mass is 513 g/mol. The standard InChI is InChI=1S/C29H23NO6S/c1-19-11-13-21(14-12-19)28(32)27-29(24-9-5-6-10-25(24)37(33,34)30(27)2)36-26(31)18-35-23-16-15-20-7-3-4-8-22(20)17-23/h3-17H,18H2,1-2H3. The second kappa shape index (κ2) is 9.55. The average Bonchev–Trinajstić information content (AvgIpc) is 2.91. The van der Waals surface area contributed by atoms with Crippen LogP contribution in [0.3, 0.4) is 0 Å². The van der Waals surface area contributed by atoms with Gasteiger partial charge in [0, 0.05) is 18.2 Å². The van der Waals surface area contributed by atoms with Crippen molar-refractivity contribution in [3.05, 3.63) is 113 Å². The minimum atomic E-state index is -4.04. The van der Waals surface area contributed by atoms with Crippen molar-refractivity contribution in [3.8, 4) is 5.75 Å². The van der Waals surface area contributed by atoms with Crippen molar-refractivity contribution in [3.63, 3.8) is 0 Å². The summed E-state index contributed by atoms with van der Waals surface area (Å²) >= 11 is 0. The van der Waals surface area contributed by atoms with Gasteiger partial charge in [-0.2, -0.15) is 0 Å². The molecule has 8 heteroatoms. The molecule has 186 valence electrons. The van der Waals surface area contributed by atoms with Gasteiger partial charge in [-0.05, 0) is 42.0 Å². The maximum Gasteiger partial charge on any atom is 0.349 e. The number of sulfonamides is 1. The van der Waals surface area contributed by atoms with Gasteiger partial charge in [0.15, 0.2) is 12.4 Å². The molecule has 0 saturated heterocycles. The second-order valence-corrected chi connectivity index (χ2v) is 10.6. The van der Waals surface area contributed by atoms with E-state index in [0.29, 0.717) is 5.75 Å². The van der Waals surface area contributed by atoms with Crippen LogP contribution in [-0.2, 0) is 19.6 Å². The van der Waals surface area contributed by atoms with Crippen molar-refractivity contribution >= 4 is 38.3 Å². The van der Waals surface area contributed by atoms with Crippen molar-refractivity contribution < 1.29 is 27.5 Å². The number of esters is 1. The molecule has 0 spiro atoms. The molecule has 0 aromatic heterocycles. The number of hydrogen-bond acceptors (Lipinski definition) is 6. The van der Waals surface area contributed by atoms with Crippen LogP contribution in [-0.4, -0.2) is 38.1 Å². The summed E-state index contributed by atoms with van der Waals surface area (Å²) in [6, 6.07) is 26.0. The highest BCUT2D eigenvalue weighted by molar-refractivity contribution is 7.89. The van der Waals surface area contributed by atoms with Crippen molar-refractivity contribution in [2.24, 2.45) is 0 Å². The second-order valence-electron chi connectivity index (χ2n) is 8.61. The Balaban J connectivity index is 1.49. The lowest BCUT2D eigenvalue weighted by atomic mass is 10.0. The first-order valence-corrected chi connectivity index (χ1v) is 13.0. The lowest BCUT2D eigenvalue weighted by Gasteiger charge is -2.30. The molecule has 0 radical (unpaired) electrons. The van der Waals surface area contributed by atoms with Crippen molar-refractivity contribution in [1.82, 2.24) is 4.31 Å². The summed E-state index contributed by atoms with van der Waals surface area (Å²) in [7, 11) is -2.77. The Hall–Kier alpha value is -4.43. The van der Waals surface area contributed by atoms with Gasteiger partial charge in [-0.15, -0.1) is 0 Å². The number of hydrogen-bond donors (Lipinski definition) is 0. The number of carbonyl (C=O) groups is 2. The van der Waals surface area contributed by atoms with E-state index in [-0.39, 0.29) is 27.5 Å². The van der Waals surface area contributed by atoms with Crippen LogP contribution in [0.15, 0.2) is 102 Å². The molecule has 4 aromatic rings. The van der Waals surface area contributed by atoms with E-state index >= 15 is 0 Å². The Morgan fingerprint density at radius 2 is 1.51 bits per heavy atom. The molecule has 0 atom stereocenters. The molecule has 1 aliphatic rings. The molecule has 0 amide bonds. The lowest BCUT2D eigenvalue weighted by Crippen LogP contribution is -2.36. The van der Waals surface area contributed by atoms with E-state index < -0.39 is 28.4 Å². The fourth-order valence-electron chi connectivity index (χ4n) is 4.15. The number of nitrogens with zero attached hydrogens (tertiary/aromatic N) is 1. The predicted molar refractivity (Wildman–Crippen MR) is 139 cm³/mol. The zero-order valence-corrected chi connectivity index (χ0v) is 21.0. The summed E-state index contributed by atoms with van der Waals surface area (Å²) < 4.78 is 38.6. The number of ether oxygens (including phenoxy) is 2. The van der Waals surface area contributed by atoms with Gasteiger partial charge in [0.1, 0.15) is 11.4 Å². The summed E-state index contributed by atoms with van der Waals surface area (Å²) in [5, 5.41) is 1.99. The van der Waals surface area contributed by atoms with E-state index in [2.05, 4.69) is 0 Å². The summed E-state index contributed by atoms with van der Waals surface area (Å²) in [6.45, 7) is 1.44. The van der Waals surface area contributed by atoms with Gasteiger partial charge in [-0.25, -0.2) is 13.2 Å². The van der Waals surface area contributed by atoms with Crippen LogP contribution >= 0.6 is 0 Å². The quantitative estimate of drug-likeness (QED) is 0.268. The van der Waals surface area contributed by atoms with E-state index in [0.717, 1.165) is 20.6 Å². The van der Waals surface area contributed by atoms with E-state index in [9.17, 15) is 18.0 Å². The van der Waals surface area contributed by atoms with Crippen LogP contribution in [0.1, 0.15) is 21.5 Å². The molecule has 0 aliphatic carbocycles. The molecule has 7 nitrogen and oxygen atoms in total. The number of benzene rings is 4. The Kier molecular flexibility index (Phi) is 6.27. The molecule has 5 rings (SSSR count). The fraction of sp³-hybridized carbons (Fsp3) is 0.103. The minimum absolute atomic E-state index is 0.0591. The highest BCUT2D eigenvalue weighted by Crippen LogP contribution is 2.38. The number of allylic oxidation sites excluding steroid dienone is 1. The first kappa shape index (κ1) is 24.3. The summed E-state index contributed by atoms with van der Waals surface area (Å²) in [4.78, 5) is 26.4. The van der Waals surface area contributed by atoms with Crippen molar-refractivity contribution in [1.29, 1.82) is 0 Å². The number of Topliss-reactive ketones (excluding diaryl/α,β-unsaturated/α-hetero) is 1. The summed E-state index contributed by atoms with van der Waals surface area (Å²) in [6.07, 6.45) is 0. The van der Waals surface area contributed by atoms with E-state index in [4.69, 9.17) is 9.47 Å². The Bertz CT molecular complexity index is 1670. The molecular formula is C29H23NO6S. The van der Waals surface area contributed by atoms with Gasteiger partial charge >= 0.3 is 5.97 Å². The number of ketones is 1. The summed E-state index contributed by atoms with van der Waals surface area (Å²) in [5.74, 6) is -1.02. The Morgan fingerprint density at radius 3 is 2.27 bits per heavy atom. The molecule has 0 bridgehead atoms. The third-order valence-corrected chi connectivity index (χ3v) is 7.94. The third kappa shape index (κ3) is 4.59. The van der Waals surface area contributed by atoms with Gasteiger partial charge in [-0.1, -0.05) is 72.3 Å². The van der Waals surface area contributed by atoms with Crippen LogP contribution in [0, 0.1) is 6.92 Å². The normalized spacial score (nSPS) is 14.3. The van der Waals surface area contributed by atoms with Gasteiger partial charge in [0.05, 0.1) is 4.90 Å². The van der Waals surface area contributed by atoms with E-state index in [1.807, 2.05) is 43.3 Å². The maximum atomic E-state index is 13.5. The molecule has 37 heavy (non-hydrogen) atoms. The number of rotatable bonds is 6. The van der Waals surface area contributed by atoms with Gasteiger partial charge in [-0.3, -0.25) is 9.10 Å². The first-order valence-electron chi connectivity index (χ1n) is 11.5. The number of likely N-dealkylation sites (N-methyl/N-ethyl adjacent to an activating group) is 1. The fourth-order valence-corrected chi connectivity index (χ4v) is 5.54. The van der Waals surface area contributed by atoms with Gasteiger partial charge in [0.25, 0.3) is 10.0 Å². The maximum absolute atomic E-state index is 13.5. The third-order valence-electron chi connectivity index (χ3n) is 6.12. The van der Waals surface area contributed by atoms with Gasteiger partial charge < -0.3 is 9.47 Å². The highest BCUT2D eigenvalue weighted by Gasteiger charge is 2.39. The van der Waals surface area contributed by atoms with Crippen molar-refractivity contribution in [2.75, 3.05) is 13.7 Å². The number of aryl methyl sites for hydroxylation is 1. The minimum Gasteiger partial charge on any atom is -0.482 e. The number of fused-ring (bicyclic) bond motifs is 2. The lowest BCUT2D eigenvalue weighted by molar-refractivity contribution is -0.139. The van der Waals surface area contributed by atoms with Crippen LogP contribution < -0.4 is 4.74 Å². The van der Waals surface area contributed by atoms with E-state index in [1.54, 1.807) is 42.5 Å². The molecule has 0 fully saturated rings. The smallest absolute Gasteiger partial charge is 0.349 e. The molecule has 1 heterocycles. The Labute approximate surface area is 214 Å². The topological polar surface area (TPSA) is 90.0 Å². The zero-order chi connectivity index (χ0) is 26.2. The average molecular weight is 514 g/mol. The van der Waals surface area contributed by atoms with Crippen LogP contribution in [0.25, 0.3) is 16.5 Å². The molecular weight excluding hydrogens is 490 g/mol. The van der Waals surface area contributed by atoms with Crippen LogP contribution in [0.2, 0.25) is 0 Å². The molecule has 1 aliphatic heterocycles. The molecule has 0 saturated carbocycles. The predicted octanol–water partition coefficient (Wildman–Crippen LogP) is 4.96. The largest absolute Gasteiger partial charge is 0.482 e. The van der Waals surface area contributed by atoms with Crippen LogP contribution in [0.4, 0.5) is 0 Å². The van der Waals surface area contributed by atoms with E-state index in [1.165, 1.54) is 19.2 Å². The molecule has 0 N–H and O–H groups in total. The zero-order valence-electron chi connectivity index (χ0n) is 20.2. The van der Waals surface area contributed by atoms with Crippen LogP contribution in [0.5, 0.6) is 5.75 Å². The first-order chi connectivity index (χ1) is 17.8. The summed E-state index contributed by atoms with van der Waals surface area (Å²) in [5.41, 5.74) is 1.10. The molecule has 0 unspecified atom stereocenters. The van der Waals surface area contributed by atoms with Crippen molar-refractivity contribution in [2.45, 2.75) is 11.8 Å². The highest BCUT2D eigenvalue weighted by atomic mass is 32.2. The molecule has 4 aromatic carbocycles. The Morgan fingerprint density at radius 1 is 0.838 bits per heavy atom. The SMILES string of the molecule is Cc1ccc(C(=O)C2=C(OC(=O)COc3ccc4ccccc4c3)c3ccccc3S(=O)(=O)N2C)cc1. The van der Waals surface area contributed by atoms with Gasteiger partial charge in [0.2, 0.25) is 5.78 Å². The number of carbonyl (C=O) groups excluding carboxylic acids is 2.